The Morgan fingerprint density at radius 2 is 1.66 bits per heavy atom. The zero-order valence-electron chi connectivity index (χ0n) is 16.9. The van der Waals surface area contributed by atoms with Gasteiger partial charge in [0, 0.05) is 42.9 Å². The van der Waals surface area contributed by atoms with E-state index in [9.17, 15) is 17.2 Å². The van der Waals surface area contributed by atoms with E-state index >= 15 is 0 Å². The van der Waals surface area contributed by atoms with Crippen molar-refractivity contribution in [3.63, 3.8) is 0 Å². The summed E-state index contributed by atoms with van der Waals surface area (Å²) in [6, 6.07) is 17.3. The molecule has 9 heteroatoms. The average Bonchev–Trinajstić information content (AvgIpc) is 3.44. The highest BCUT2D eigenvalue weighted by molar-refractivity contribution is 7.89. The zero-order chi connectivity index (χ0) is 22.3. The van der Waals surface area contributed by atoms with Crippen LogP contribution in [0.2, 0.25) is 0 Å². The highest BCUT2D eigenvalue weighted by Gasteiger charge is 2.40. The van der Waals surface area contributed by atoms with Crippen LogP contribution in [0, 0.1) is 11.6 Å². The van der Waals surface area contributed by atoms with E-state index in [2.05, 4.69) is 5.32 Å². The monoisotopic (exact) mass is 458 g/mol. The first-order valence-electron chi connectivity index (χ1n) is 10.1. The first-order valence-corrected chi connectivity index (χ1v) is 11.5. The smallest absolute Gasteiger partial charge is 0.243 e. The van der Waals surface area contributed by atoms with Crippen LogP contribution in [-0.2, 0) is 10.0 Å². The molecule has 0 radical (unpaired) electrons. The van der Waals surface area contributed by atoms with E-state index in [1.807, 2.05) is 30.3 Å². The predicted octanol–water partition coefficient (Wildman–Crippen LogP) is 3.96. The first kappa shape index (κ1) is 20.7. The lowest BCUT2D eigenvalue weighted by Gasteiger charge is -2.21. The van der Waals surface area contributed by atoms with Gasteiger partial charge in [0.1, 0.15) is 0 Å². The number of hydrogen-bond acceptors (Lipinski definition) is 5. The summed E-state index contributed by atoms with van der Waals surface area (Å²) >= 11 is 0. The molecule has 3 aromatic carbocycles. The van der Waals surface area contributed by atoms with Crippen LogP contribution in [0.25, 0.3) is 0 Å². The molecule has 6 nitrogen and oxygen atoms in total. The van der Waals surface area contributed by atoms with Crippen molar-refractivity contribution in [2.75, 3.05) is 25.2 Å². The number of nitrogens with zero attached hydrogens (tertiary/aromatic N) is 1. The van der Waals surface area contributed by atoms with Gasteiger partial charge in [-0.3, -0.25) is 0 Å². The van der Waals surface area contributed by atoms with Gasteiger partial charge in [0.15, 0.2) is 23.1 Å². The van der Waals surface area contributed by atoms with Gasteiger partial charge in [-0.25, -0.2) is 17.2 Å². The highest BCUT2D eigenvalue weighted by Crippen LogP contribution is 2.37. The van der Waals surface area contributed by atoms with Crippen LogP contribution < -0.4 is 14.8 Å². The topological polar surface area (TPSA) is 67.9 Å². The summed E-state index contributed by atoms with van der Waals surface area (Å²) in [5.74, 6) is -1.19. The number of hydrogen-bond donors (Lipinski definition) is 1. The van der Waals surface area contributed by atoms with Crippen LogP contribution in [0.5, 0.6) is 11.5 Å². The first-order chi connectivity index (χ1) is 15.4. The molecular formula is C23H20F2N2O4S. The second-order valence-electron chi connectivity index (χ2n) is 7.73. The normalized spacial score (nSPS) is 20.4. The van der Waals surface area contributed by atoms with Crippen molar-refractivity contribution < 1.29 is 26.7 Å². The van der Waals surface area contributed by atoms with E-state index in [0.717, 1.165) is 17.7 Å². The number of sulfonamides is 1. The Morgan fingerprint density at radius 3 is 2.44 bits per heavy atom. The van der Waals surface area contributed by atoms with Gasteiger partial charge in [0.2, 0.25) is 16.8 Å². The third-order valence-electron chi connectivity index (χ3n) is 5.77. The van der Waals surface area contributed by atoms with Crippen molar-refractivity contribution in [3.8, 4) is 11.5 Å². The molecule has 166 valence electrons. The molecule has 0 bridgehead atoms. The molecule has 32 heavy (non-hydrogen) atoms. The molecule has 1 N–H and O–H groups in total. The Labute approximate surface area is 184 Å². The van der Waals surface area contributed by atoms with E-state index in [1.165, 1.54) is 22.5 Å². The lowest BCUT2D eigenvalue weighted by Crippen LogP contribution is -2.32. The third-order valence-corrected chi connectivity index (χ3v) is 7.60. The second kappa shape index (κ2) is 8.07. The molecule has 0 saturated carbocycles. The van der Waals surface area contributed by atoms with Crippen LogP contribution in [0.1, 0.15) is 11.5 Å². The summed E-state index contributed by atoms with van der Waals surface area (Å²) in [5, 5.41) is 3.20. The number of rotatable bonds is 5. The lowest BCUT2D eigenvalue weighted by atomic mass is 9.94. The number of benzene rings is 3. The number of halogens is 2. The summed E-state index contributed by atoms with van der Waals surface area (Å²) in [4.78, 5) is 0.113. The minimum Gasteiger partial charge on any atom is -0.454 e. The van der Waals surface area contributed by atoms with Crippen molar-refractivity contribution in [2.24, 2.45) is 0 Å². The molecule has 0 amide bonds. The van der Waals surface area contributed by atoms with Gasteiger partial charge >= 0.3 is 0 Å². The average molecular weight is 458 g/mol. The summed E-state index contributed by atoms with van der Waals surface area (Å²) in [5.41, 5.74) is 1.34. The predicted molar refractivity (Wildman–Crippen MR) is 114 cm³/mol. The molecule has 2 aliphatic rings. The molecule has 2 aliphatic heterocycles. The van der Waals surface area contributed by atoms with Crippen LogP contribution in [0.3, 0.4) is 0 Å². The fourth-order valence-corrected chi connectivity index (χ4v) is 5.64. The van der Waals surface area contributed by atoms with Crippen molar-refractivity contribution >= 4 is 15.7 Å². The molecule has 2 atom stereocenters. The van der Waals surface area contributed by atoms with Gasteiger partial charge in [-0.2, -0.15) is 4.31 Å². The molecule has 1 saturated heterocycles. The summed E-state index contributed by atoms with van der Waals surface area (Å²) < 4.78 is 65.9. The molecule has 1 fully saturated rings. The largest absolute Gasteiger partial charge is 0.454 e. The van der Waals surface area contributed by atoms with Gasteiger partial charge in [-0.1, -0.05) is 30.3 Å². The SMILES string of the molecule is O=S(=O)(c1ccc2c(c1)OCO2)N1CC(Nc2ccc(F)c(F)c2)C(c2ccccc2)C1. The van der Waals surface area contributed by atoms with Crippen LogP contribution >= 0.6 is 0 Å². The van der Waals surface area contributed by atoms with Gasteiger partial charge in [-0.15, -0.1) is 0 Å². The Hall–Kier alpha value is -3.17. The van der Waals surface area contributed by atoms with Crippen molar-refractivity contribution in [1.82, 2.24) is 4.31 Å². The maximum absolute atomic E-state index is 13.7. The summed E-state index contributed by atoms with van der Waals surface area (Å²) in [7, 11) is -3.82. The Morgan fingerprint density at radius 1 is 0.875 bits per heavy atom. The lowest BCUT2D eigenvalue weighted by molar-refractivity contribution is 0.174. The van der Waals surface area contributed by atoms with Gasteiger partial charge in [-0.05, 0) is 29.8 Å². The highest BCUT2D eigenvalue weighted by atomic mass is 32.2. The zero-order valence-corrected chi connectivity index (χ0v) is 17.7. The van der Waals surface area contributed by atoms with Crippen LogP contribution in [-0.4, -0.2) is 38.6 Å². The molecule has 5 rings (SSSR count). The standard InChI is InChI=1S/C23H20F2N2O4S/c24-19-8-6-16(10-20(19)25)26-21-13-27(12-18(21)15-4-2-1-3-5-15)32(28,29)17-7-9-22-23(11-17)31-14-30-22/h1-11,18,21,26H,12-14H2. The Bertz CT molecular complexity index is 1250. The van der Waals surface area contributed by atoms with E-state index in [0.29, 0.717) is 17.2 Å². The Kier molecular flexibility index (Phi) is 5.22. The van der Waals surface area contributed by atoms with Crippen molar-refractivity contribution in [3.05, 3.63) is 83.9 Å². The fourth-order valence-electron chi connectivity index (χ4n) is 4.13. The molecule has 0 aliphatic carbocycles. The molecule has 0 spiro atoms. The van der Waals surface area contributed by atoms with Crippen LogP contribution in [0.4, 0.5) is 14.5 Å². The fraction of sp³-hybridized carbons (Fsp3) is 0.217. The van der Waals surface area contributed by atoms with E-state index < -0.39 is 21.7 Å². The molecule has 2 unspecified atom stereocenters. The number of fused-ring (bicyclic) bond motifs is 1. The van der Waals surface area contributed by atoms with Crippen LogP contribution in [0.15, 0.2) is 71.6 Å². The maximum atomic E-state index is 13.7. The minimum atomic E-state index is -3.82. The third kappa shape index (κ3) is 3.78. The quantitative estimate of drug-likeness (QED) is 0.627. The van der Waals surface area contributed by atoms with Gasteiger partial charge in [0.05, 0.1) is 4.90 Å². The molecule has 3 aromatic rings. The number of ether oxygens (including phenoxy) is 2. The second-order valence-corrected chi connectivity index (χ2v) is 9.67. The van der Waals surface area contributed by atoms with E-state index in [4.69, 9.17) is 9.47 Å². The number of anilines is 1. The maximum Gasteiger partial charge on any atom is 0.243 e. The minimum absolute atomic E-state index is 0.0544. The van der Waals surface area contributed by atoms with Crippen molar-refractivity contribution in [2.45, 2.75) is 16.9 Å². The summed E-state index contributed by atoms with van der Waals surface area (Å²) in [6.45, 7) is 0.455. The molecular weight excluding hydrogens is 438 g/mol. The Balaban J connectivity index is 1.46. The van der Waals surface area contributed by atoms with Gasteiger partial charge < -0.3 is 14.8 Å². The van der Waals surface area contributed by atoms with E-state index in [-0.39, 0.29) is 36.7 Å². The van der Waals surface area contributed by atoms with E-state index in [1.54, 1.807) is 6.07 Å². The summed E-state index contributed by atoms with van der Waals surface area (Å²) in [6.07, 6.45) is 0. The van der Waals surface area contributed by atoms with Crippen molar-refractivity contribution in [1.29, 1.82) is 0 Å². The number of nitrogens with one attached hydrogen (secondary N) is 1. The van der Waals surface area contributed by atoms with Gasteiger partial charge in [0.25, 0.3) is 0 Å². The molecule has 0 aromatic heterocycles. The molecule has 2 heterocycles.